The molecule has 2 nitrogen and oxygen atoms in total. The van der Waals surface area contributed by atoms with E-state index in [-0.39, 0.29) is 0 Å². The molecule has 0 amide bonds. The molecule has 1 aliphatic rings. The summed E-state index contributed by atoms with van der Waals surface area (Å²) in [5.74, 6) is 0.925. The van der Waals surface area contributed by atoms with E-state index in [2.05, 4.69) is 25.7 Å². The summed E-state index contributed by atoms with van der Waals surface area (Å²) in [6.45, 7) is 9.03. The van der Waals surface area contributed by atoms with Gasteiger partial charge >= 0.3 is 0 Å². The van der Waals surface area contributed by atoms with E-state index in [0.29, 0.717) is 6.04 Å². The maximum atomic E-state index is 5.65. The van der Waals surface area contributed by atoms with Crippen LogP contribution < -0.4 is 5.73 Å². The second kappa shape index (κ2) is 7.29. The predicted octanol–water partition coefficient (Wildman–Crippen LogP) is 3.01. The Hall–Kier alpha value is -0.0800. The van der Waals surface area contributed by atoms with Crippen LogP contribution in [0, 0.1) is 5.92 Å². The monoisotopic (exact) mass is 226 g/mol. The van der Waals surface area contributed by atoms with Crippen molar-refractivity contribution >= 4 is 0 Å². The molecular formula is C14H30N2. The lowest BCUT2D eigenvalue weighted by Crippen LogP contribution is -2.46. The molecule has 2 unspecified atom stereocenters. The van der Waals surface area contributed by atoms with Crippen LogP contribution in [0.25, 0.3) is 0 Å². The van der Waals surface area contributed by atoms with Crippen molar-refractivity contribution in [2.75, 3.05) is 13.1 Å². The summed E-state index contributed by atoms with van der Waals surface area (Å²) in [5, 5.41) is 0. The summed E-state index contributed by atoms with van der Waals surface area (Å²) in [5.41, 5.74) is 5.65. The van der Waals surface area contributed by atoms with Crippen LogP contribution in [-0.2, 0) is 0 Å². The van der Waals surface area contributed by atoms with Crippen molar-refractivity contribution in [3.8, 4) is 0 Å². The second-order valence-electron chi connectivity index (χ2n) is 5.49. The third-order valence-corrected chi connectivity index (χ3v) is 4.10. The largest absolute Gasteiger partial charge is 0.330 e. The fourth-order valence-electron chi connectivity index (χ4n) is 3.18. The molecule has 0 spiro atoms. The van der Waals surface area contributed by atoms with Crippen LogP contribution in [-0.4, -0.2) is 30.1 Å². The molecule has 0 aromatic heterocycles. The average molecular weight is 226 g/mol. The van der Waals surface area contributed by atoms with Crippen LogP contribution in [0.15, 0.2) is 0 Å². The highest BCUT2D eigenvalue weighted by atomic mass is 15.2. The Morgan fingerprint density at radius 3 is 2.50 bits per heavy atom. The molecule has 0 radical (unpaired) electrons. The van der Waals surface area contributed by atoms with E-state index >= 15 is 0 Å². The van der Waals surface area contributed by atoms with Gasteiger partial charge in [-0.25, -0.2) is 0 Å². The van der Waals surface area contributed by atoms with Crippen LogP contribution in [0.2, 0.25) is 0 Å². The van der Waals surface area contributed by atoms with Crippen molar-refractivity contribution in [3.63, 3.8) is 0 Å². The second-order valence-corrected chi connectivity index (χ2v) is 5.49. The van der Waals surface area contributed by atoms with Gasteiger partial charge < -0.3 is 5.73 Å². The predicted molar refractivity (Wildman–Crippen MR) is 71.6 cm³/mol. The lowest BCUT2D eigenvalue weighted by Gasteiger charge is -2.42. The third kappa shape index (κ3) is 3.74. The Morgan fingerprint density at radius 1 is 1.25 bits per heavy atom. The number of hydrogen-bond acceptors (Lipinski definition) is 2. The first-order valence-corrected chi connectivity index (χ1v) is 7.16. The van der Waals surface area contributed by atoms with E-state index in [1.165, 1.54) is 38.6 Å². The Bertz CT molecular complexity index is 180. The SMILES string of the molecule is CCC1CCCCC1N(CCCN)C(C)C. The molecule has 0 aliphatic heterocycles. The zero-order valence-corrected chi connectivity index (χ0v) is 11.4. The van der Waals surface area contributed by atoms with Crippen molar-refractivity contribution in [2.24, 2.45) is 11.7 Å². The van der Waals surface area contributed by atoms with Gasteiger partial charge in [-0.1, -0.05) is 26.2 Å². The van der Waals surface area contributed by atoms with Gasteiger partial charge in [0.1, 0.15) is 0 Å². The molecule has 0 aromatic rings. The van der Waals surface area contributed by atoms with Gasteiger partial charge in [0.15, 0.2) is 0 Å². The maximum Gasteiger partial charge on any atom is 0.0126 e. The van der Waals surface area contributed by atoms with Gasteiger partial charge in [-0.15, -0.1) is 0 Å². The molecule has 0 aromatic carbocycles. The molecule has 2 N–H and O–H groups in total. The van der Waals surface area contributed by atoms with Crippen LogP contribution >= 0.6 is 0 Å². The Kier molecular flexibility index (Phi) is 6.37. The topological polar surface area (TPSA) is 29.3 Å². The van der Waals surface area contributed by atoms with E-state index in [1.54, 1.807) is 0 Å². The zero-order chi connectivity index (χ0) is 12.0. The third-order valence-electron chi connectivity index (χ3n) is 4.10. The van der Waals surface area contributed by atoms with Gasteiger partial charge in [-0.2, -0.15) is 0 Å². The van der Waals surface area contributed by atoms with Crippen LogP contribution in [0.5, 0.6) is 0 Å². The van der Waals surface area contributed by atoms with Gasteiger partial charge in [-0.05, 0) is 52.1 Å². The normalized spacial score (nSPS) is 26.6. The molecule has 2 heteroatoms. The van der Waals surface area contributed by atoms with Crippen LogP contribution in [0.4, 0.5) is 0 Å². The highest BCUT2D eigenvalue weighted by Gasteiger charge is 2.29. The van der Waals surface area contributed by atoms with Crippen LogP contribution in [0.3, 0.4) is 0 Å². The van der Waals surface area contributed by atoms with Crippen molar-refractivity contribution in [1.29, 1.82) is 0 Å². The van der Waals surface area contributed by atoms with E-state index in [0.717, 1.165) is 24.9 Å². The number of nitrogens with two attached hydrogens (primary N) is 1. The van der Waals surface area contributed by atoms with E-state index < -0.39 is 0 Å². The summed E-state index contributed by atoms with van der Waals surface area (Å²) < 4.78 is 0. The summed E-state index contributed by atoms with van der Waals surface area (Å²) in [4.78, 5) is 2.71. The molecule has 96 valence electrons. The van der Waals surface area contributed by atoms with E-state index in [9.17, 15) is 0 Å². The highest BCUT2D eigenvalue weighted by Crippen LogP contribution is 2.31. The molecule has 16 heavy (non-hydrogen) atoms. The minimum atomic E-state index is 0.670. The van der Waals surface area contributed by atoms with Crippen molar-refractivity contribution in [2.45, 2.75) is 71.4 Å². The molecule has 2 atom stereocenters. The molecule has 0 saturated heterocycles. The number of rotatable bonds is 6. The minimum Gasteiger partial charge on any atom is -0.330 e. The minimum absolute atomic E-state index is 0.670. The maximum absolute atomic E-state index is 5.65. The summed E-state index contributed by atoms with van der Waals surface area (Å²) in [6, 6.07) is 1.49. The first-order valence-electron chi connectivity index (χ1n) is 7.16. The molecular weight excluding hydrogens is 196 g/mol. The van der Waals surface area contributed by atoms with Gasteiger partial charge in [-0.3, -0.25) is 4.90 Å². The lowest BCUT2D eigenvalue weighted by molar-refractivity contribution is 0.0729. The zero-order valence-electron chi connectivity index (χ0n) is 11.4. The summed E-state index contributed by atoms with van der Waals surface area (Å²) >= 11 is 0. The highest BCUT2D eigenvalue weighted by molar-refractivity contribution is 4.84. The quantitative estimate of drug-likeness (QED) is 0.754. The smallest absolute Gasteiger partial charge is 0.0126 e. The van der Waals surface area contributed by atoms with Gasteiger partial charge in [0.05, 0.1) is 0 Å². The molecule has 1 saturated carbocycles. The number of nitrogens with zero attached hydrogens (tertiary/aromatic N) is 1. The molecule has 0 heterocycles. The van der Waals surface area contributed by atoms with Gasteiger partial charge in [0.25, 0.3) is 0 Å². The van der Waals surface area contributed by atoms with Gasteiger partial charge in [0, 0.05) is 12.1 Å². The Morgan fingerprint density at radius 2 is 1.94 bits per heavy atom. The summed E-state index contributed by atoms with van der Waals surface area (Å²) in [6.07, 6.45) is 8.20. The average Bonchev–Trinajstić information content (AvgIpc) is 2.29. The fraction of sp³-hybridized carbons (Fsp3) is 1.00. The molecule has 1 aliphatic carbocycles. The van der Waals surface area contributed by atoms with Crippen molar-refractivity contribution in [1.82, 2.24) is 4.90 Å². The van der Waals surface area contributed by atoms with Crippen molar-refractivity contribution < 1.29 is 0 Å². The standard InChI is InChI=1S/C14H30N2/c1-4-13-8-5-6-9-14(13)16(12(2)3)11-7-10-15/h12-14H,4-11,15H2,1-3H3. The molecule has 0 bridgehead atoms. The Labute approximate surface area is 102 Å². The molecule has 1 fully saturated rings. The van der Waals surface area contributed by atoms with Gasteiger partial charge in [0.2, 0.25) is 0 Å². The summed E-state index contributed by atoms with van der Waals surface area (Å²) in [7, 11) is 0. The first kappa shape index (κ1) is 14.0. The Balaban J connectivity index is 2.58. The van der Waals surface area contributed by atoms with E-state index in [4.69, 9.17) is 5.73 Å². The number of hydrogen-bond donors (Lipinski definition) is 1. The van der Waals surface area contributed by atoms with E-state index in [1.807, 2.05) is 0 Å². The van der Waals surface area contributed by atoms with Crippen LogP contribution in [0.1, 0.15) is 59.3 Å². The fourth-order valence-corrected chi connectivity index (χ4v) is 3.18. The molecule has 1 rings (SSSR count). The van der Waals surface area contributed by atoms with Crippen molar-refractivity contribution in [3.05, 3.63) is 0 Å². The lowest BCUT2D eigenvalue weighted by atomic mass is 9.81. The first-order chi connectivity index (χ1) is 7.70.